The van der Waals surface area contributed by atoms with Gasteiger partial charge in [-0.1, -0.05) is 13.8 Å². The molecule has 0 aliphatic heterocycles. The molecule has 1 aliphatic rings. The third-order valence-corrected chi connectivity index (χ3v) is 5.11. The van der Waals surface area contributed by atoms with E-state index in [1.54, 1.807) is 18.3 Å². The molecule has 0 aromatic rings. The van der Waals surface area contributed by atoms with Gasteiger partial charge in [0, 0.05) is 19.1 Å². The van der Waals surface area contributed by atoms with Crippen LogP contribution in [0.1, 0.15) is 33.6 Å². The van der Waals surface area contributed by atoms with Crippen molar-refractivity contribution in [1.29, 1.82) is 0 Å². The topological polar surface area (TPSA) is 49.4 Å². The first-order valence-electron chi connectivity index (χ1n) is 6.04. The van der Waals surface area contributed by atoms with Crippen molar-refractivity contribution in [3.8, 4) is 0 Å². The number of hydrogen-bond acceptors (Lipinski definition) is 3. The van der Waals surface area contributed by atoms with Gasteiger partial charge in [-0.05, 0) is 32.7 Å². The van der Waals surface area contributed by atoms with Crippen molar-refractivity contribution in [1.82, 2.24) is 9.62 Å². The fraction of sp³-hybridized carbons (Fsp3) is 1.00. The van der Waals surface area contributed by atoms with Crippen LogP contribution < -0.4 is 5.32 Å². The maximum absolute atomic E-state index is 12.3. The Bertz CT molecular complexity index is 310. The minimum atomic E-state index is -3.12. The zero-order valence-corrected chi connectivity index (χ0v) is 11.5. The quantitative estimate of drug-likeness (QED) is 0.732. The first-order chi connectivity index (χ1) is 7.39. The number of nitrogens with zero attached hydrogens (tertiary/aromatic N) is 1. The van der Waals surface area contributed by atoms with E-state index in [1.165, 1.54) is 0 Å². The van der Waals surface area contributed by atoms with Gasteiger partial charge in [0.2, 0.25) is 10.0 Å². The van der Waals surface area contributed by atoms with Crippen LogP contribution in [0.4, 0.5) is 0 Å². The third-order valence-electron chi connectivity index (χ3n) is 2.83. The molecule has 0 saturated heterocycles. The van der Waals surface area contributed by atoms with E-state index in [9.17, 15) is 8.42 Å². The molecule has 0 bridgehead atoms. The van der Waals surface area contributed by atoms with Crippen LogP contribution in [-0.2, 0) is 10.0 Å². The Morgan fingerprint density at radius 2 is 1.88 bits per heavy atom. The second-order valence-electron chi connectivity index (χ2n) is 5.11. The van der Waals surface area contributed by atoms with Gasteiger partial charge in [0.05, 0.1) is 5.25 Å². The lowest BCUT2D eigenvalue weighted by Gasteiger charge is -2.27. The van der Waals surface area contributed by atoms with E-state index in [-0.39, 0.29) is 11.3 Å². The maximum Gasteiger partial charge on any atom is 0.218 e. The van der Waals surface area contributed by atoms with Crippen molar-refractivity contribution in [2.24, 2.45) is 5.92 Å². The first-order valence-corrected chi connectivity index (χ1v) is 7.55. The van der Waals surface area contributed by atoms with Gasteiger partial charge in [0.25, 0.3) is 0 Å². The van der Waals surface area contributed by atoms with Crippen molar-refractivity contribution in [3.05, 3.63) is 0 Å². The molecule has 0 aromatic heterocycles. The van der Waals surface area contributed by atoms with Gasteiger partial charge in [-0.25, -0.2) is 8.42 Å². The zero-order chi connectivity index (χ0) is 12.3. The normalized spacial score (nSPS) is 19.4. The minimum Gasteiger partial charge on any atom is -0.318 e. The molecule has 1 unspecified atom stereocenters. The Hall–Kier alpha value is -0.130. The molecule has 5 heteroatoms. The molecule has 1 aliphatic carbocycles. The molecule has 0 spiro atoms. The molecule has 0 amide bonds. The largest absolute Gasteiger partial charge is 0.318 e. The fourth-order valence-corrected chi connectivity index (χ4v) is 3.78. The van der Waals surface area contributed by atoms with Crippen molar-refractivity contribution in [2.75, 3.05) is 20.1 Å². The van der Waals surface area contributed by atoms with Gasteiger partial charge in [-0.15, -0.1) is 0 Å². The van der Waals surface area contributed by atoms with E-state index < -0.39 is 10.0 Å². The lowest BCUT2D eigenvalue weighted by Crippen LogP contribution is -2.44. The summed E-state index contributed by atoms with van der Waals surface area (Å²) in [6.45, 7) is 7.08. The summed E-state index contributed by atoms with van der Waals surface area (Å²) in [5.74, 6) is 0.386. The fourth-order valence-electron chi connectivity index (χ4n) is 1.81. The van der Waals surface area contributed by atoms with E-state index in [0.29, 0.717) is 19.0 Å². The smallest absolute Gasteiger partial charge is 0.218 e. The highest BCUT2D eigenvalue weighted by molar-refractivity contribution is 7.89. The summed E-state index contributed by atoms with van der Waals surface area (Å²) in [6.07, 6.45) is 2.05. The van der Waals surface area contributed by atoms with E-state index >= 15 is 0 Å². The standard InChI is InChI=1S/C11H24N2O2S/c1-9(2)8-13(11-5-6-11)16(14,15)10(3)7-12-4/h9-12H,5-8H2,1-4H3. The molecule has 1 N–H and O–H groups in total. The van der Waals surface area contributed by atoms with E-state index in [1.807, 2.05) is 0 Å². The molecule has 0 heterocycles. The van der Waals surface area contributed by atoms with Gasteiger partial charge in [0.1, 0.15) is 0 Å². The Kier molecular flexibility index (Phi) is 4.76. The van der Waals surface area contributed by atoms with Crippen LogP contribution in [0.15, 0.2) is 0 Å². The highest BCUT2D eigenvalue weighted by Gasteiger charge is 2.39. The van der Waals surface area contributed by atoms with Crippen LogP contribution in [0.2, 0.25) is 0 Å². The summed E-state index contributed by atoms with van der Waals surface area (Å²) in [5.41, 5.74) is 0. The minimum absolute atomic E-state index is 0.270. The van der Waals surface area contributed by atoms with Crippen molar-refractivity contribution < 1.29 is 8.42 Å². The lowest BCUT2D eigenvalue weighted by atomic mass is 10.2. The summed E-state index contributed by atoms with van der Waals surface area (Å²) in [7, 11) is -1.34. The van der Waals surface area contributed by atoms with Gasteiger partial charge in [0.15, 0.2) is 0 Å². The average Bonchev–Trinajstić information content (AvgIpc) is 2.97. The molecule has 1 saturated carbocycles. The van der Waals surface area contributed by atoms with Gasteiger partial charge in [-0.3, -0.25) is 0 Å². The van der Waals surface area contributed by atoms with E-state index in [4.69, 9.17) is 0 Å². The van der Waals surface area contributed by atoms with Gasteiger partial charge < -0.3 is 5.32 Å². The Morgan fingerprint density at radius 3 is 2.25 bits per heavy atom. The summed E-state index contributed by atoms with van der Waals surface area (Å²) in [5, 5.41) is 2.60. The highest BCUT2D eigenvalue weighted by atomic mass is 32.2. The van der Waals surface area contributed by atoms with Crippen LogP contribution in [0.3, 0.4) is 0 Å². The van der Waals surface area contributed by atoms with Crippen LogP contribution in [0.5, 0.6) is 0 Å². The van der Waals surface area contributed by atoms with Gasteiger partial charge in [-0.2, -0.15) is 4.31 Å². The SMILES string of the molecule is CNCC(C)S(=O)(=O)N(CC(C)C)C1CC1. The summed E-state index contributed by atoms with van der Waals surface area (Å²) >= 11 is 0. The average molecular weight is 248 g/mol. The van der Waals surface area contributed by atoms with Gasteiger partial charge >= 0.3 is 0 Å². The van der Waals surface area contributed by atoms with Crippen molar-refractivity contribution >= 4 is 10.0 Å². The number of hydrogen-bond donors (Lipinski definition) is 1. The monoisotopic (exact) mass is 248 g/mol. The maximum atomic E-state index is 12.3. The predicted octanol–water partition coefficient (Wildman–Crippen LogP) is 1.04. The third kappa shape index (κ3) is 3.43. The van der Waals surface area contributed by atoms with Crippen LogP contribution in [0, 0.1) is 5.92 Å². The molecule has 1 atom stereocenters. The zero-order valence-electron chi connectivity index (χ0n) is 10.7. The molecule has 0 aromatic carbocycles. The molecule has 1 fully saturated rings. The predicted molar refractivity (Wildman–Crippen MR) is 66.9 cm³/mol. The van der Waals surface area contributed by atoms with Crippen molar-refractivity contribution in [2.45, 2.75) is 44.9 Å². The van der Waals surface area contributed by atoms with E-state index in [0.717, 1.165) is 12.8 Å². The lowest BCUT2D eigenvalue weighted by molar-refractivity contribution is 0.355. The Morgan fingerprint density at radius 1 is 1.31 bits per heavy atom. The first kappa shape index (κ1) is 13.9. The Labute approximate surface area is 99.5 Å². The summed E-state index contributed by atoms with van der Waals surface area (Å²) in [4.78, 5) is 0. The Balaban J connectivity index is 2.75. The number of sulfonamides is 1. The molecule has 16 heavy (non-hydrogen) atoms. The summed E-state index contributed by atoms with van der Waals surface area (Å²) in [6, 6.07) is 0.270. The van der Waals surface area contributed by atoms with Crippen LogP contribution in [0.25, 0.3) is 0 Å². The molecule has 1 rings (SSSR count). The van der Waals surface area contributed by atoms with Crippen LogP contribution >= 0.6 is 0 Å². The molecular weight excluding hydrogens is 224 g/mol. The second-order valence-corrected chi connectivity index (χ2v) is 7.41. The number of rotatable bonds is 7. The van der Waals surface area contributed by atoms with Crippen LogP contribution in [-0.4, -0.2) is 44.2 Å². The number of nitrogens with one attached hydrogen (secondary N) is 1. The summed E-state index contributed by atoms with van der Waals surface area (Å²) < 4.78 is 26.4. The van der Waals surface area contributed by atoms with Crippen molar-refractivity contribution in [3.63, 3.8) is 0 Å². The molecule has 0 radical (unpaired) electrons. The molecular formula is C11H24N2O2S. The van der Waals surface area contributed by atoms with E-state index in [2.05, 4.69) is 19.2 Å². The highest BCUT2D eigenvalue weighted by Crippen LogP contribution is 2.31. The molecule has 96 valence electrons. The molecule has 4 nitrogen and oxygen atoms in total. The second kappa shape index (κ2) is 5.47.